The number of pyridine rings is 1. The smallest absolute Gasteiger partial charge is 0.338 e. The van der Waals surface area contributed by atoms with E-state index in [-0.39, 0.29) is 12.1 Å². The summed E-state index contributed by atoms with van der Waals surface area (Å²) in [6, 6.07) is 3.41. The Hall–Kier alpha value is -1.38. The average Bonchev–Trinajstić information content (AvgIpc) is 2.39. The summed E-state index contributed by atoms with van der Waals surface area (Å²) in [4.78, 5) is 16.1. The van der Waals surface area contributed by atoms with Gasteiger partial charge in [0.1, 0.15) is 6.10 Å². The highest BCUT2D eigenvalue weighted by molar-refractivity contribution is 5.89. The number of hydrogen-bond acceptors (Lipinski definition) is 3. The summed E-state index contributed by atoms with van der Waals surface area (Å²) in [7, 11) is 0. The third-order valence-electron chi connectivity index (χ3n) is 4.14. The molecule has 0 N–H and O–H groups in total. The average molecular weight is 261 g/mol. The van der Waals surface area contributed by atoms with Crippen molar-refractivity contribution in [2.75, 3.05) is 0 Å². The zero-order chi connectivity index (χ0) is 13.8. The topological polar surface area (TPSA) is 39.2 Å². The number of ether oxygens (including phenoxy) is 1. The van der Waals surface area contributed by atoms with Crippen molar-refractivity contribution in [1.29, 1.82) is 0 Å². The molecule has 0 unspecified atom stereocenters. The van der Waals surface area contributed by atoms with Gasteiger partial charge in [-0.25, -0.2) is 4.79 Å². The highest BCUT2D eigenvalue weighted by Crippen LogP contribution is 2.35. The van der Waals surface area contributed by atoms with Gasteiger partial charge in [0.05, 0.1) is 5.56 Å². The van der Waals surface area contributed by atoms with Crippen molar-refractivity contribution < 1.29 is 9.53 Å². The highest BCUT2D eigenvalue weighted by atomic mass is 16.5. The van der Waals surface area contributed by atoms with Crippen LogP contribution in [0.3, 0.4) is 0 Å². The van der Waals surface area contributed by atoms with E-state index in [0.717, 1.165) is 12.8 Å². The molecule has 0 saturated heterocycles. The summed E-state index contributed by atoms with van der Waals surface area (Å²) in [5.41, 5.74) is 0.593. The molecule has 0 aliphatic heterocycles. The standard InChI is InChI=1S/C16H23NO2/c1-11(2)14-5-4-12(3)10-15(14)19-16(18)13-6-8-17-9-7-13/h6-9,11-12,14-15H,4-5,10H2,1-3H3/t12-,14+,15+/m0/s1. The molecule has 0 amide bonds. The molecule has 1 aromatic heterocycles. The third-order valence-corrected chi connectivity index (χ3v) is 4.14. The van der Waals surface area contributed by atoms with Gasteiger partial charge in [-0.15, -0.1) is 0 Å². The van der Waals surface area contributed by atoms with Crippen LogP contribution < -0.4 is 0 Å². The van der Waals surface area contributed by atoms with Gasteiger partial charge in [0.15, 0.2) is 0 Å². The lowest BCUT2D eigenvalue weighted by Crippen LogP contribution is -2.35. The quantitative estimate of drug-likeness (QED) is 0.779. The summed E-state index contributed by atoms with van der Waals surface area (Å²) in [6.45, 7) is 6.67. The molecule has 1 fully saturated rings. The number of aromatic nitrogens is 1. The number of nitrogens with zero attached hydrogens (tertiary/aromatic N) is 1. The maximum atomic E-state index is 12.1. The van der Waals surface area contributed by atoms with Gasteiger partial charge in [-0.3, -0.25) is 4.98 Å². The van der Waals surface area contributed by atoms with Gasteiger partial charge in [-0.05, 0) is 42.7 Å². The Morgan fingerprint density at radius 2 is 2.00 bits per heavy atom. The van der Waals surface area contributed by atoms with E-state index in [9.17, 15) is 4.79 Å². The minimum absolute atomic E-state index is 0.0596. The summed E-state index contributed by atoms with van der Waals surface area (Å²) >= 11 is 0. The number of esters is 1. The Balaban J connectivity index is 2.04. The molecule has 3 heteroatoms. The maximum Gasteiger partial charge on any atom is 0.338 e. The fourth-order valence-corrected chi connectivity index (χ4v) is 2.94. The van der Waals surface area contributed by atoms with Crippen molar-refractivity contribution in [1.82, 2.24) is 4.98 Å². The van der Waals surface area contributed by atoms with E-state index < -0.39 is 0 Å². The summed E-state index contributed by atoms with van der Waals surface area (Å²) in [5, 5.41) is 0. The van der Waals surface area contributed by atoms with Crippen molar-refractivity contribution in [2.45, 2.75) is 46.1 Å². The van der Waals surface area contributed by atoms with Crippen LogP contribution in [0.5, 0.6) is 0 Å². The molecule has 0 spiro atoms. The lowest BCUT2D eigenvalue weighted by atomic mass is 9.75. The fourth-order valence-electron chi connectivity index (χ4n) is 2.94. The monoisotopic (exact) mass is 261 g/mol. The van der Waals surface area contributed by atoms with Crippen molar-refractivity contribution in [2.24, 2.45) is 17.8 Å². The minimum atomic E-state index is -0.216. The minimum Gasteiger partial charge on any atom is -0.458 e. The van der Waals surface area contributed by atoms with Crippen molar-refractivity contribution in [3.05, 3.63) is 30.1 Å². The molecule has 1 aromatic rings. The molecule has 3 nitrogen and oxygen atoms in total. The van der Waals surface area contributed by atoms with Gasteiger partial charge >= 0.3 is 5.97 Å². The van der Waals surface area contributed by atoms with Crippen LogP contribution in [0.25, 0.3) is 0 Å². The van der Waals surface area contributed by atoms with E-state index in [4.69, 9.17) is 4.74 Å². The van der Waals surface area contributed by atoms with Crippen LogP contribution in [0.2, 0.25) is 0 Å². The van der Waals surface area contributed by atoms with Crippen LogP contribution >= 0.6 is 0 Å². The normalized spacial score (nSPS) is 27.3. The van der Waals surface area contributed by atoms with E-state index in [1.165, 1.54) is 6.42 Å². The zero-order valence-electron chi connectivity index (χ0n) is 12.0. The second-order valence-electron chi connectivity index (χ2n) is 6.01. The van der Waals surface area contributed by atoms with Gasteiger partial charge in [0, 0.05) is 12.4 Å². The number of carbonyl (C=O) groups excluding carboxylic acids is 1. The predicted octanol–water partition coefficient (Wildman–Crippen LogP) is 3.70. The Morgan fingerprint density at radius 3 is 2.63 bits per heavy atom. The first-order chi connectivity index (χ1) is 9.08. The maximum absolute atomic E-state index is 12.1. The lowest BCUT2D eigenvalue weighted by Gasteiger charge is -2.36. The van der Waals surface area contributed by atoms with E-state index in [1.54, 1.807) is 24.5 Å². The van der Waals surface area contributed by atoms with Crippen molar-refractivity contribution >= 4 is 5.97 Å². The van der Waals surface area contributed by atoms with Crippen LogP contribution in [0.4, 0.5) is 0 Å². The fraction of sp³-hybridized carbons (Fsp3) is 0.625. The number of rotatable bonds is 3. The molecule has 1 aliphatic rings. The molecule has 19 heavy (non-hydrogen) atoms. The number of carbonyl (C=O) groups is 1. The van der Waals surface area contributed by atoms with E-state index in [1.807, 2.05) is 0 Å². The van der Waals surface area contributed by atoms with Gasteiger partial charge in [-0.2, -0.15) is 0 Å². The first kappa shape index (κ1) is 14.0. The largest absolute Gasteiger partial charge is 0.458 e. The van der Waals surface area contributed by atoms with E-state index >= 15 is 0 Å². The van der Waals surface area contributed by atoms with Gasteiger partial charge in [0.2, 0.25) is 0 Å². The van der Waals surface area contributed by atoms with Crippen molar-refractivity contribution in [3.8, 4) is 0 Å². The SMILES string of the molecule is CC(C)[C@H]1CC[C@H](C)C[C@H]1OC(=O)c1ccncc1. The molecule has 0 bridgehead atoms. The van der Waals surface area contributed by atoms with Crippen LogP contribution in [0.1, 0.15) is 50.4 Å². The molecule has 2 rings (SSSR count). The Kier molecular flexibility index (Phi) is 4.56. The molecule has 1 heterocycles. The van der Waals surface area contributed by atoms with Crippen molar-refractivity contribution in [3.63, 3.8) is 0 Å². The van der Waals surface area contributed by atoms with Crippen LogP contribution in [-0.4, -0.2) is 17.1 Å². The number of hydrogen-bond donors (Lipinski definition) is 0. The summed E-state index contributed by atoms with van der Waals surface area (Å²) in [5.74, 6) is 1.47. The first-order valence-corrected chi connectivity index (χ1v) is 7.19. The Labute approximate surface area is 115 Å². The summed E-state index contributed by atoms with van der Waals surface area (Å²) < 4.78 is 5.76. The predicted molar refractivity (Wildman–Crippen MR) is 74.8 cm³/mol. The zero-order valence-corrected chi connectivity index (χ0v) is 12.0. The third kappa shape index (κ3) is 3.55. The molecular weight excluding hydrogens is 238 g/mol. The van der Waals surface area contributed by atoms with Gasteiger partial charge in [0.25, 0.3) is 0 Å². The Bertz CT molecular complexity index is 416. The van der Waals surface area contributed by atoms with Crippen LogP contribution in [0, 0.1) is 17.8 Å². The second-order valence-corrected chi connectivity index (χ2v) is 6.01. The van der Waals surface area contributed by atoms with Crippen LogP contribution in [0.15, 0.2) is 24.5 Å². The molecule has 104 valence electrons. The molecule has 0 aromatic carbocycles. The van der Waals surface area contributed by atoms with E-state index in [2.05, 4.69) is 25.8 Å². The van der Waals surface area contributed by atoms with Crippen LogP contribution in [-0.2, 0) is 4.74 Å². The van der Waals surface area contributed by atoms with Gasteiger partial charge < -0.3 is 4.74 Å². The molecule has 1 aliphatic carbocycles. The van der Waals surface area contributed by atoms with E-state index in [0.29, 0.717) is 23.3 Å². The molecular formula is C16H23NO2. The Morgan fingerprint density at radius 1 is 1.32 bits per heavy atom. The van der Waals surface area contributed by atoms with Gasteiger partial charge in [-0.1, -0.05) is 27.2 Å². The lowest BCUT2D eigenvalue weighted by molar-refractivity contribution is -0.0174. The first-order valence-electron chi connectivity index (χ1n) is 7.19. The molecule has 0 radical (unpaired) electrons. The molecule has 3 atom stereocenters. The molecule has 1 saturated carbocycles. The summed E-state index contributed by atoms with van der Waals surface area (Å²) in [6.07, 6.45) is 6.70. The second kappa shape index (κ2) is 6.18. The highest BCUT2D eigenvalue weighted by Gasteiger charge is 2.33.